The third-order valence-electron chi connectivity index (χ3n) is 5.92. The van der Waals surface area contributed by atoms with Gasteiger partial charge in [-0.25, -0.2) is 0 Å². The van der Waals surface area contributed by atoms with E-state index in [-0.39, 0.29) is 12.2 Å². The minimum atomic E-state index is -1.24. The van der Waals surface area contributed by atoms with Crippen LogP contribution in [0.5, 0.6) is 0 Å². The monoisotopic (exact) mass is 316 g/mol. The van der Waals surface area contributed by atoms with Crippen molar-refractivity contribution in [2.45, 2.75) is 30.8 Å². The van der Waals surface area contributed by atoms with Crippen molar-refractivity contribution in [1.82, 2.24) is 0 Å². The lowest BCUT2D eigenvalue weighted by Gasteiger charge is -2.33. The fourth-order valence-electron chi connectivity index (χ4n) is 4.64. The highest BCUT2D eigenvalue weighted by Gasteiger charge is 2.61. The van der Waals surface area contributed by atoms with E-state index in [4.69, 9.17) is 4.74 Å². The van der Waals surface area contributed by atoms with Crippen molar-refractivity contribution < 1.29 is 14.9 Å². The van der Waals surface area contributed by atoms with E-state index in [1.807, 2.05) is 6.07 Å². The van der Waals surface area contributed by atoms with Crippen molar-refractivity contribution in [3.8, 4) is 0 Å². The minimum absolute atomic E-state index is 0.122. The molecular formula is C21H16O3. The first-order valence-electron chi connectivity index (χ1n) is 8.33. The Labute approximate surface area is 138 Å². The molecule has 4 atom stereocenters. The molecule has 0 aromatic heterocycles. The van der Waals surface area contributed by atoms with Gasteiger partial charge in [0.2, 0.25) is 0 Å². The van der Waals surface area contributed by atoms with Gasteiger partial charge in [-0.3, -0.25) is 0 Å². The number of ether oxygens (including phenoxy) is 1. The summed E-state index contributed by atoms with van der Waals surface area (Å²) in [6.45, 7) is 1.66. The molecule has 4 aromatic rings. The third kappa shape index (κ3) is 1.36. The van der Waals surface area contributed by atoms with Crippen molar-refractivity contribution in [3.63, 3.8) is 0 Å². The first kappa shape index (κ1) is 13.1. The van der Waals surface area contributed by atoms with Crippen LogP contribution in [0.2, 0.25) is 0 Å². The molecule has 4 unspecified atom stereocenters. The molecule has 1 heterocycles. The van der Waals surface area contributed by atoms with Gasteiger partial charge in [0.15, 0.2) is 0 Å². The zero-order valence-electron chi connectivity index (χ0n) is 13.2. The highest BCUT2D eigenvalue weighted by atomic mass is 16.6. The maximum Gasteiger partial charge on any atom is 0.121 e. The summed E-state index contributed by atoms with van der Waals surface area (Å²) in [5.74, 6) is 0. The normalized spacial score (nSPS) is 31.5. The summed E-state index contributed by atoms with van der Waals surface area (Å²) in [6.07, 6.45) is -1.38. The SMILES string of the molecule is CC1(O)C(O)c2cc3ccc4cccc5ccc(c2C2OC21)c3c45. The van der Waals surface area contributed by atoms with Gasteiger partial charge in [-0.2, -0.15) is 0 Å². The van der Waals surface area contributed by atoms with Crippen LogP contribution in [0.1, 0.15) is 30.3 Å². The number of benzene rings is 4. The smallest absolute Gasteiger partial charge is 0.121 e. The van der Waals surface area contributed by atoms with Crippen molar-refractivity contribution in [2.24, 2.45) is 0 Å². The number of fused-ring (bicyclic) bond motifs is 4. The zero-order valence-corrected chi connectivity index (χ0v) is 13.2. The quantitative estimate of drug-likeness (QED) is 0.383. The Morgan fingerprint density at radius 3 is 2.46 bits per heavy atom. The number of hydrogen-bond acceptors (Lipinski definition) is 3. The zero-order chi connectivity index (χ0) is 16.2. The average Bonchev–Trinajstić information content (AvgIpc) is 3.39. The lowest BCUT2D eigenvalue weighted by atomic mass is 9.76. The van der Waals surface area contributed by atoms with E-state index in [9.17, 15) is 10.2 Å². The van der Waals surface area contributed by atoms with Gasteiger partial charge in [0, 0.05) is 0 Å². The molecular weight excluding hydrogens is 300 g/mol. The predicted octanol–water partition coefficient (Wildman–Crippen LogP) is 3.82. The number of aliphatic hydroxyl groups is 2. The van der Waals surface area contributed by atoms with Crippen molar-refractivity contribution in [3.05, 3.63) is 59.7 Å². The van der Waals surface area contributed by atoms with Gasteiger partial charge < -0.3 is 14.9 Å². The van der Waals surface area contributed by atoms with Crippen LogP contribution in [-0.2, 0) is 4.74 Å². The van der Waals surface area contributed by atoms with Crippen molar-refractivity contribution in [1.29, 1.82) is 0 Å². The molecule has 1 aliphatic heterocycles. The Morgan fingerprint density at radius 1 is 0.958 bits per heavy atom. The van der Waals surface area contributed by atoms with Gasteiger partial charge in [-0.1, -0.05) is 42.5 Å². The molecule has 0 saturated carbocycles. The molecule has 24 heavy (non-hydrogen) atoms. The molecule has 3 heteroatoms. The summed E-state index contributed by atoms with van der Waals surface area (Å²) >= 11 is 0. The van der Waals surface area contributed by atoms with Gasteiger partial charge in [-0.05, 0) is 56.4 Å². The Balaban J connectivity index is 1.83. The molecule has 118 valence electrons. The summed E-state index contributed by atoms with van der Waals surface area (Å²) in [7, 11) is 0. The molecule has 0 spiro atoms. The fourth-order valence-corrected chi connectivity index (χ4v) is 4.64. The number of hydrogen-bond donors (Lipinski definition) is 2. The number of aliphatic hydroxyl groups excluding tert-OH is 1. The largest absolute Gasteiger partial charge is 0.385 e. The highest BCUT2D eigenvalue weighted by Crippen LogP contribution is 2.58. The fraction of sp³-hybridized carbons (Fsp3) is 0.238. The molecule has 2 N–H and O–H groups in total. The average molecular weight is 316 g/mol. The van der Waals surface area contributed by atoms with E-state index in [1.54, 1.807) is 6.92 Å². The molecule has 3 nitrogen and oxygen atoms in total. The molecule has 1 fully saturated rings. The predicted molar refractivity (Wildman–Crippen MR) is 93.3 cm³/mol. The Kier molecular flexibility index (Phi) is 2.13. The van der Waals surface area contributed by atoms with E-state index in [0.29, 0.717) is 0 Å². The highest BCUT2D eigenvalue weighted by molar-refractivity contribution is 6.24. The van der Waals surface area contributed by atoms with E-state index < -0.39 is 11.7 Å². The summed E-state index contributed by atoms with van der Waals surface area (Å²) < 4.78 is 5.77. The molecule has 0 radical (unpaired) electrons. The van der Waals surface area contributed by atoms with Crippen LogP contribution in [0.15, 0.2) is 48.5 Å². The second-order valence-electron chi connectivity index (χ2n) is 7.34. The molecule has 1 saturated heterocycles. The summed E-state index contributed by atoms with van der Waals surface area (Å²) in [4.78, 5) is 0. The van der Waals surface area contributed by atoms with Gasteiger partial charge in [-0.15, -0.1) is 0 Å². The summed E-state index contributed by atoms with van der Waals surface area (Å²) in [5, 5.41) is 28.5. The van der Waals surface area contributed by atoms with Crippen LogP contribution in [0.25, 0.3) is 32.3 Å². The van der Waals surface area contributed by atoms with Gasteiger partial charge in [0.1, 0.15) is 23.9 Å². The first-order valence-corrected chi connectivity index (χ1v) is 8.33. The van der Waals surface area contributed by atoms with E-state index in [2.05, 4.69) is 42.5 Å². The molecule has 0 amide bonds. The standard InChI is InChI=1S/C21H16O3/c1-21(23)19(22)14-9-12-6-5-10-3-2-4-11-7-8-13(16(12)15(10)11)17(14)18-20(21)24-18/h2-9,18-20,22-23H,1H3. The van der Waals surface area contributed by atoms with E-state index in [1.165, 1.54) is 21.5 Å². The van der Waals surface area contributed by atoms with Crippen LogP contribution in [0.4, 0.5) is 0 Å². The second-order valence-corrected chi connectivity index (χ2v) is 7.34. The van der Waals surface area contributed by atoms with Crippen LogP contribution in [0, 0.1) is 0 Å². The Morgan fingerprint density at radius 2 is 1.67 bits per heavy atom. The van der Waals surface area contributed by atoms with Gasteiger partial charge in [0.25, 0.3) is 0 Å². The van der Waals surface area contributed by atoms with E-state index in [0.717, 1.165) is 21.9 Å². The Bertz CT molecular complexity index is 1130. The number of epoxide rings is 1. The van der Waals surface area contributed by atoms with E-state index >= 15 is 0 Å². The summed E-state index contributed by atoms with van der Waals surface area (Å²) in [6, 6.07) is 16.9. The number of rotatable bonds is 0. The maximum absolute atomic E-state index is 10.7. The molecule has 2 aliphatic rings. The summed E-state index contributed by atoms with van der Waals surface area (Å²) in [5.41, 5.74) is 0.604. The topological polar surface area (TPSA) is 53.0 Å². The van der Waals surface area contributed by atoms with Crippen molar-refractivity contribution in [2.75, 3.05) is 0 Å². The van der Waals surface area contributed by atoms with Gasteiger partial charge in [0.05, 0.1) is 0 Å². The third-order valence-corrected chi connectivity index (χ3v) is 5.92. The lowest BCUT2D eigenvalue weighted by Crippen LogP contribution is -2.41. The molecule has 6 rings (SSSR count). The van der Waals surface area contributed by atoms with Crippen LogP contribution < -0.4 is 0 Å². The van der Waals surface area contributed by atoms with Crippen LogP contribution >= 0.6 is 0 Å². The Hall–Kier alpha value is -2.20. The molecule has 4 aromatic carbocycles. The lowest BCUT2D eigenvalue weighted by molar-refractivity contribution is -0.0818. The van der Waals surface area contributed by atoms with Crippen molar-refractivity contribution >= 4 is 32.3 Å². The first-order chi connectivity index (χ1) is 11.6. The molecule has 1 aliphatic carbocycles. The van der Waals surface area contributed by atoms with Crippen LogP contribution in [-0.4, -0.2) is 21.9 Å². The van der Waals surface area contributed by atoms with Crippen LogP contribution in [0.3, 0.4) is 0 Å². The van der Waals surface area contributed by atoms with Gasteiger partial charge >= 0.3 is 0 Å². The molecule has 0 bridgehead atoms. The maximum atomic E-state index is 10.7. The minimum Gasteiger partial charge on any atom is -0.385 e. The second kappa shape index (κ2) is 3.89.